The fraction of sp³-hybridized carbons (Fsp3) is 0.583. The van der Waals surface area contributed by atoms with Gasteiger partial charge in [-0.15, -0.1) is 0 Å². The topological polar surface area (TPSA) is 80.3 Å². The molecule has 2 unspecified atom stereocenters. The second-order valence-corrected chi connectivity index (χ2v) is 6.56. The molecule has 0 bridgehead atoms. The molecule has 1 aromatic rings. The normalized spacial score (nSPS) is 27.4. The van der Waals surface area contributed by atoms with E-state index in [0.717, 1.165) is 0 Å². The smallest absolute Gasteiger partial charge is 0.244 e. The second-order valence-electron chi connectivity index (χ2n) is 4.91. The Morgan fingerprint density at radius 1 is 1.53 bits per heavy atom. The summed E-state index contributed by atoms with van der Waals surface area (Å²) in [5.41, 5.74) is -0.0580. The summed E-state index contributed by atoms with van der Waals surface area (Å²) in [5.74, 6) is 0. The van der Waals surface area contributed by atoms with Crippen LogP contribution >= 0.6 is 0 Å². The average Bonchev–Trinajstić information content (AvgIpc) is 2.68. The molecular weight excluding hydrogens is 266 g/mol. The minimum Gasteiger partial charge on any atom is -0.387 e. The van der Waals surface area contributed by atoms with Crippen molar-refractivity contribution in [2.75, 3.05) is 19.0 Å². The molecule has 0 saturated carbocycles. The molecule has 1 aromatic heterocycles. The lowest BCUT2D eigenvalue weighted by molar-refractivity contribution is 0.0957. The van der Waals surface area contributed by atoms with Crippen molar-refractivity contribution in [1.82, 2.24) is 9.71 Å². The van der Waals surface area contributed by atoms with Crippen molar-refractivity contribution in [3.8, 4) is 0 Å². The highest BCUT2D eigenvalue weighted by Crippen LogP contribution is 2.28. The fourth-order valence-electron chi connectivity index (χ4n) is 2.13. The van der Waals surface area contributed by atoms with Crippen LogP contribution in [0.1, 0.15) is 20.3 Å². The number of ether oxygens (including phenoxy) is 1. The molecule has 1 saturated heterocycles. The first-order valence-electron chi connectivity index (χ1n) is 6.16. The summed E-state index contributed by atoms with van der Waals surface area (Å²) in [4.78, 5) is 4.04. The number of anilines is 1. The summed E-state index contributed by atoms with van der Waals surface area (Å²) in [5, 5.41) is 2.86. The first-order chi connectivity index (χ1) is 8.89. The van der Waals surface area contributed by atoms with Gasteiger partial charge in [0.2, 0.25) is 10.0 Å². The average molecular weight is 285 g/mol. The summed E-state index contributed by atoms with van der Waals surface area (Å²) in [7, 11) is -1.95. The first kappa shape index (κ1) is 14.2. The predicted molar refractivity (Wildman–Crippen MR) is 72.5 cm³/mol. The maximum Gasteiger partial charge on any atom is 0.244 e. The summed E-state index contributed by atoms with van der Waals surface area (Å²) >= 11 is 0. The number of nitrogens with zero attached hydrogens (tertiary/aromatic N) is 1. The molecule has 106 valence electrons. The molecule has 1 aliphatic rings. The Bertz CT molecular complexity index is 561. The number of rotatable bonds is 4. The highest BCUT2D eigenvalue weighted by Gasteiger charge is 2.41. The molecule has 2 rings (SSSR count). The molecule has 2 N–H and O–H groups in total. The summed E-state index contributed by atoms with van der Waals surface area (Å²) in [6, 6.07) is 1.63. The van der Waals surface area contributed by atoms with Gasteiger partial charge in [-0.1, -0.05) is 0 Å². The van der Waals surface area contributed by atoms with Gasteiger partial charge < -0.3 is 10.1 Å². The number of aromatic nitrogens is 1. The SMILES string of the molecule is CNc1ccncc1S(=O)(=O)NC1(C)CCOC1C. The maximum absolute atomic E-state index is 12.5. The number of hydrogen-bond acceptors (Lipinski definition) is 5. The first-order valence-corrected chi connectivity index (χ1v) is 7.65. The number of hydrogen-bond donors (Lipinski definition) is 2. The lowest BCUT2D eigenvalue weighted by Crippen LogP contribution is -2.50. The molecule has 0 aromatic carbocycles. The number of nitrogens with one attached hydrogen (secondary N) is 2. The van der Waals surface area contributed by atoms with E-state index in [1.54, 1.807) is 19.3 Å². The lowest BCUT2D eigenvalue weighted by atomic mass is 9.97. The van der Waals surface area contributed by atoms with Crippen LogP contribution in [0.2, 0.25) is 0 Å². The zero-order chi connectivity index (χ0) is 14.1. The van der Waals surface area contributed by atoms with Crippen LogP contribution in [0.3, 0.4) is 0 Å². The van der Waals surface area contributed by atoms with Gasteiger partial charge in [-0.25, -0.2) is 13.1 Å². The third-order valence-electron chi connectivity index (χ3n) is 3.60. The Balaban J connectivity index is 2.33. The molecule has 7 heteroatoms. The van der Waals surface area contributed by atoms with Crippen molar-refractivity contribution in [2.45, 2.75) is 36.8 Å². The third kappa shape index (κ3) is 2.72. The van der Waals surface area contributed by atoms with Crippen LogP contribution in [0.25, 0.3) is 0 Å². The van der Waals surface area contributed by atoms with Gasteiger partial charge in [0.1, 0.15) is 4.90 Å². The Morgan fingerprint density at radius 2 is 2.26 bits per heavy atom. The quantitative estimate of drug-likeness (QED) is 0.861. The van der Waals surface area contributed by atoms with Crippen molar-refractivity contribution >= 4 is 15.7 Å². The van der Waals surface area contributed by atoms with Crippen molar-refractivity contribution in [3.05, 3.63) is 18.5 Å². The molecule has 6 nitrogen and oxygen atoms in total. The maximum atomic E-state index is 12.5. The Morgan fingerprint density at radius 3 is 2.84 bits per heavy atom. The van der Waals surface area contributed by atoms with Crippen LogP contribution in [-0.2, 0) is 14.8 Å². The Hall–Kier alpha value is -1.18. The van der Waals surface area contributed by atoms with E-state index in [1.165, 1.54) is 6.20 Å². The summed E-state index contributed by atoms with van der Waals surface area (Å²) in [6.45, 7) is 4.29. The molecule has 19 heavy (non-hydrogen) atoms. The monoisotopic (exact) mass is 285 g/mol. The van der Waals surface area contributed by atoms with Crippen LogP contribution in [0.15, 0.2) is 23.4 Å². The molecular formula is C12H19N3O3S. The van der Waals surface area contributed by atoms with E-state index < -0.39 is 15.6 Å². The molecule has 0 amide bonds. The van der Waals surface area contributed by atoms with E-state index in [1.807, 2.05) is 13.8 Å². The van der Waals surface area contributed by atoms with Crippen LogP contribution in [0.4, 0.5) is 5.69 Å². The van der Waals surface area contributed by atoms with E-state index in [0.29, 0.717) is 18.7 Å². The highest BCUT2D eigenvalue weighted by molar-refractivity contribution is 7.89. The van der Waals surface area contributed by atoms with E-state index in [4.69, 9.17) is 4.74 Å². The summed E-state index contributed by atoms with van der Waals surface area (Å²) < 4.78 is 33.1. The van der Waals surface area contributed by atoms with Gasteiger partial charge in [-0.3, -0.25) is 4.98 Å². The van der Waals surface area contributed by atoms with Crippen LogP contribution < -0.4 is 10.0 Å². The van der Waals surface area contributed by atoms with Crippen molar-refractivity contribution in [3.63, 3.8) is 0 Å². The summed E-state index contributed by atoms with van der Waals surface area (Å²) in [6.07, 6.45) is 3.39. The number of sulfonamides is 1. The fourth-order valence-corrected chi connectivity index (χ4v) is 3.78. The molecule has 1 aliphatic heterocycles. The minimum absolute atomic E-state index is 0.151. The van der Waals surface area contributed by atoms with Gasteiger partial charge in [-0.05, 0) is 26.3 Å². The van der Waals surface area contributed by atoms with E-state index in [-0.39, 0.29) is 11.0 Å². The van der Waals surface area contributed by atoms with Crippen molar-refractivity contribution < 1.29 is 13.2 Å². The van der Waals surface area contributed by atoms with Gasteiger partial charge in [0.25, 0.3) is 0 Å². The van der Waals surface area contributed by atoms with E-state index >= 15 is 0 Å². The standard InChI is InChI=1S/C12H19N3O3S/c1-9-12(2,5-7-18-9)15-19(16,17)11-8-14-6-4-10(11)13-3/h4,6,8-9,15H,5,7H2,1-3H3,(H,13,14). The van der Waals surface area contributed by atoms with Gasteiger partial charge in [0.15, 0.2) is 0 Å². The lowest BCUT2D eigenvalue weighted by Gasteiger charge is -2.28. The highest BCUT2D eigenvalue weighted by atomic mass is 32.2. The zero-order valence-corrected chi connectivity index (χ0v) is 12.1. The van der Waals surface area contributed by atoms with Crippen molar-refractivity contribution in [2.24, 2.45) is 0 Å². The Kier molecular flexibility index (Phi) is 3.80. The minimum atomic E-state index is -3.63. The molecule has 0 aliphatic carbocycles. The van der Waals surface area contributed by atoms with Gasteiger partial charge in [0.05, 0.1) is 17.3 Å². The zero-order valence-electron chi connectivity index (χ0n) is 11.3. The largest absolute Gasteiger partial charge is 0.387 e. The molecule has 0 radical (unpaired) electrons. The predicted octanol–water partition coefficient (Wildman–Crippen LogP) is 0.969. The third-order valence-corrected chi connectivity index (χ3v) is 5.24. The van der Waals surface area contributed by atoms with Gasteiger partial charge in [-0.2, -0.15) is 0 Å². The molecule has 2 atom stereocenters. The Labute approximate surface area is 113 Å². The van der Waals surface area contributed by atoms with E-state index in [9.17, 15) is 8.42 Å². The van der Waals surface area contributed by atoms with Crippen LogP contribution in [0, 0.1) is 0 Å². The van der Waals surface area contributed by atoms with Gasteiger partial charge >= 0.3 is 0 Å². The second kappa shape index (κ2) is 5.07. The van der Waals surface area contributed by atoms with Crippen LogP contribution in [-0.4, -0.2) is 38.7 Å². The molecule has 2 heterocycles. The van der Waals surface area contributed by atoms with Crippen molar-refractivity contribution in [1.29, 1.82) is 0 Å². The molecule has 1 fully saturated rings. The number of pyridine rings is 1. The van der Waals surface area contributed by atoms with E-state index in [2.05, 4.69) is 15.0 Å². The molecule has 0 spiro atoms. The van der Waals surface area contributed by atoms with Crippen LogP contribution in [0.5, 0.6) is 0 Å². The van der Waals surface area contributed by atoms with Gasteiger partial charge in [0, 0.05) is 26.0 Å².